The second kappa shape index (κ2) is 11.6. The van der Waals surface area contributed by atoms with E-state index < -0.39 is 6.04 Å². The Morgan fingerprint density at radius 1 is 1.12 bits per heavy atom. The highest BCUT2D eigenvalue weighted by Gasteiger charge is 2.31. The molecule has 0 aliphatic rings. The summed E-state index contributed by atoms with van der Waals surface area (Å²) in [7, 11) is 0. The molecule has 0 spiro atoms. The Morgan fingerprint density at radius 2 is 1.64 bits per heavy atom. The van der Waals surface area contributed by atoms with Crippen molar-refractivity contribution < 1.29 is 14.3 Å². The van der Waals surface area contributed by atoms with Crippen LogP contribution in [0.25, 0.3) is 0 Å². The Balaban J connectivity index is 0.00000576. The maximum atomic E-state index is 12.2. The number of hydrogen-bond donors (Lipinski definition) is 1. The SMILES string of the molecule is CCC(CC)[C@@H](Oc1ccc(Cl)cc1)[C@H](C)OC(=O)[C@@H](N)C(C)C.Cl. The molecule has 0 unspecified atom stereocenters. The molecule has 6 heteroatoms. The summed E-state index contributed by atoms with van der Waals surface area (Å²) in [4.78, 5) is 12.2. The van der Waals surface area contributed by atoms with Gasteiger partial charge in [-0.05, 0) is 55.9 Å². The standard InChI is InChI=1S/C19H30ClNO3.ClH/c1-6-14(7-2)18(24-16-10-8-15(20)9-11-16)13(5)23-19(22)17(21)12(3)4;/h8-14,17-18H,6-7,21H2,1-5H3;1H/t13-,17-,18-;/m0./s1. The van der Waals surface area contributed by atoms with Crippen molar-refractivity contribution in [3.63, 3.8) is 0 Å². The number of carbonyl (C=O) groups is 1. The third-order valence-corrected chi connectivity index (χ3v) is 4.61. The predicted molar refractivity (Wildman–Crippen MR) is 106 cm³/mol. The molecule has 0 aromatic heterocycles. The average Bonchev–Trinajstić information content (AvgIpc) is 2.55. The van der Waals surface area contributed by atoms with Crippen LogP contribution >= 0.6 is 24.0 Å². The maximum Gasteiger partial charge on any atom is 0.323 e. The monoisotopic (exact) mass is 391 g/mol. The molecule has 0 amide bonds. The zero-order chi connectivity index (χ0) is 18.3. The fraction of sp³-hybridized carbons (Fsp3) is 0.632. The lowest BCUT2D eigenvalue weighted by atomic mass is 9.93. The van der Waals surface area contributed by atoms with Crippen molar-refractivity contribution in [2.75, 3.05) is 0 Å². The largest absolute Gasteiger partial charge is 0.486 e. The maximum absolute atomic E-state index is 12.2. The Bertz CT molecular complexity index is 504. The van der Waals surface area contributed by atoms with Gasteiger partial charge in [-0.3, -0.25) is 4.79 Å². The zero-order valence-corrected chi connectivity index (χ0v) is 17.3. The summed E-state index contributed by atoms with van der Waals surface area (Å²) in [6, 6.07) is 6.60. The fourth-order valence-corrected chi connectivity index (χ4v) is 2.73. The molecule has 4 nitrogen and oxygen atoms in total. The Kier molecular flexibility index (Phi) is 11.2. The molecule has 0 fully saturated rings. The lowest BCUT2D eigenvalue weighted by molar-refractivity contribution is -0.157. The van der Waals surface area contributed by atoms with E-state index in [1.807, 2.05) is 32.9 Å². The molecule has 0 bridgehead atoms. The minimum atomic E-state index is -0.620. The van der Waals surface area contributed by atoms with E-state index in [2.05, 4.69) is 13.8 Å². The molecule has 1 aromatic rings. The highest BCUT2D eigenvalue weighted by atomic mass is 35.5. The van der Waals surface area contributed by atoms with Gasteiger partial charge in [0.05, 0.1) is 0 Å². The summed E-state index contributed by atoms with van der Waals surface area (Å²) in [6.07, 6.45) is 1.26. The van der Waals surface area contributed by atoms with E-state index in [4.69, 9.17) is 26.8 Å². The number of carbonyl (C=O) groups excluding carboxylic acids is 1. The van der Waals surface area contributed by atoms with Crippen molar-refractivity contribution >= 4 is 30.0 Å². The first kappa shape index (κ1) is 24.0. The van der Waals surface area contributed by atoms with Gasteiger partial charge in [-0.2, -0.15) is 0 Å². The lowest BCUT2D eigenvalue weighted by Gasteiger charge is -2.32. The second-order valence-corrected chi connectivity index (χ2v) is 6.96. The summed E-state index contributed by atoms with van der Waals surface area (Å²) in [5, 5.41) is 0.656. The van der Waals surface area contributed by atoms with Crippen LogP contribution in [0.15, 0.2) is 24.3 Å². The quantitative estimate of drug-likeness (QED) is 0.610. The minimum absolute atomic E-state index is 0. The van der Waals surface area contributed by atoms with Crippen LogP contribution in [0, 0.1) is 11.8 Å². The van der Waals surface area contributed by atoms with E-state index in [1.165, 1.54) is 0 Å². The third kappa shape index (κ3) is 7.43. The van der Waals surface area contributed by atoms with Gasteiger partial charge < -0.3 is 15.2 Å². The lowest BCUT2D eigenvalue weighted by Crippen LogP contribution is -2.44. The third-order valence-electron chi connectivity index (χ3n) is 4.35. The zero-order valence-electron chi connectivity index (χ0n) is 15.7. The number of ether oxygens (including phenoxy) is 2. The van der Waals surface area contributed by atoms with Crippen molar-refractivity contribution in [2.24, 2.45) is 17.6 Å². The van der Waals surface area contributed by atoms with E-state index in [9.17, 15) is 4.79 Å². The van der Waals surface area contributed by atoms with Crippen LogP contribution in [0.4, 0.5) is 0 Å². The number of nitrogens with two attached hydrogens (primary N) is 1. The topological polar surface area (TPSA) is 61.5 Å². The molecule has 3 atom stereocenters. The number of benzene rings is 1. The van der Waals surface area contributed by atoms with E-state index in [1.54, 1.807) is 12.1 Å². The number of esters is 1. The Labute approximate surface area is 162 Å². The smallest absolute Gasteiger partial charge is 0.323 e. The summed E-state index contributed by atoms with van der Waals surface area (Å²) >= 11 is 5.92. The van der Waals surface area contributed by atoms with Gasteiger partial charge in [0.25, 0.3) is 0 Å². The van der Waals surface area contributed by atoms with E-state index in [-0.39, 0.29) is 42.4 Å². The van der Waals surface area contributed by atoms with Crippen molar-refractivity contribution in [3.8, 4) is 5.75 Å². The summed E-state index contributed by atoms with van der Waals surface area (Å²) in [5.74, 6) is 0.646. The van der Waals surface area contributed by atoms with Gasteiger partial charge in [0.15, 0.2) is 0 Å². The second-order valence-electron chi connectivity index (χ2n) is 6.52. The highest BCUT2D eigenvalue weighted by molar-refractivity contribution is 6.30. The molecule has 25 heavy (non-hydrogen) atoms. The average molecular weight is 392 g/mol. The van der Waals surface area contributed by atoms with Crippen molar-refractivity contribution in [2.45, 2.75) is 65.7 Å². The van der Waals surface area contributed by atoms with Crippen molar-refractivity contribution in [3.05, 3.63) is 29.3 Å². The van der Waals surface area contributed by atoms with E-state index >= 15 is 0 Å². The molecule has 0 saturated heterocycles. The van der Waals surface area contributed by atoms with Crippen molar-refractivity contribution in [1.29, 1.82) is 0 Å². The normalized spacial score (nSPS) is 14.6. The van der Waals surface area contributed by atoms with Crippen LogP contribution in [0.1, 0.15) is 47.5 Å². The van der Waals surface area contributed by atoms with Gasteiger partial charge >= 0.3 is 5.97 Å². The fourth-order valence-electron chi connectivity index (χ4n) is 2.60. The van der Waals surface area contributed by atoms with E-state index in [0.717, 1.165) is 12.8 Å². The van der Waals surface area contributed by atoms with Crippen LogP contribution in [-0.4, -0.2) is 24.2 Å². The molecule has 1 aromatic carbocycles. The number of hydrogen-bond acceptors (Lipinski definition) is 4. The van der Waals surface area contributed by atoms with Crippen molar-refractivity contribution in [1.82, 2.24) is 0 Å². The first-order chi connectivity index (χ1) is 11.3. The summed E-state index contributed by atoms with van der Waals surface area (Å²) in [5.41, 5.74) is 5.89. The molecule has 2 N–H and O–H groups in total. The van der Waals surface area contributed by atoms with Gasteiger partial charge in [-0.15, -0.1) is 12.4 Å². The number of halogens is 2. The molecule has 0 aliphatic heterocycles. The van der Waals surface area contributed by atoms with Crippen LogP contribution in [0.2, 0.25) is 5.02 Å². The summed E-state index contributed by atoms with van der Waals surface area (Å²) < 4.78 is 11.7. The number of rotatable bonds is 9. The molecule has 144 valence electrons. The Hall–Kier alpha value is -0.970. The van der Waals surface area contributed by atoms with Gasteiger partial charge in [0, 0.05) is 5.02 Å². The van der Waals surface area contributed by atoms with Gasteiger partial charge in [0.2, 0.25) is 0 Å². The first-order valence-corrected chi connectivity index (χ1v) is 9.06. The van der Waals surface area contributed by atoms with Crippen LogP contribution in [0.5, 0.6) is 5.75 Å². The van der Waals surface area contributed by atoms with Gasteiger partial charge in [-0.25, -0.2) is 0 Å². The molecule has 0 radical (unpaired) electrons. The minimum Gasteiger partial charge on any atom is -0.486 e. The molecule has 0 heterocycles. The highest BCUT2D eigenvalue weighted by Crippen LogP contribution is 2.25. The molecular formula is C19H31Cl2NO3. The van der Waals surface area contributed by atoms with Crippen LogP contribution in [0.3, 0.4) is 0 Å². The van der Waals surface area contributed by atoms with Crippen LogP contribution < -0.4 is 10.5 Å². The first-order valence-electron chi connectivity index (χ1n) is 8.68. The molecule has 0 saturated carbocycles. The van der Waals surface area contributed by atoms with Crippen LogP contribution in [-0.2, 0) is 9.53 Å². The summed E-state index contributed by atoms with van der Waals surface area (Å²) in [6.45, 7) is 9.89. The predicted octanol–water partition coefficient (Wildman–Crippen LogP) is 4.86. The van der Waals surface area contributed by atoms with E-state index in [0.29, 0.717) is 10.8 Å². The van der Waals surface area contributed by atoms with Gasteiger partial charge in [0.1, 0.15) is 24.0 Å². The van der Waals surface area contributed by atoms with Gasteiger partial charge in [-0.1, -0.05) is 39.3 Å². The molecule has 0 aliphatic carbocycles. The molecule has 1 rings (SSSR count). The Morgan fingerprint density at radius 3 is 2.08 bits per heavy atom. The molecular weight excluding hydrogens is 361 g/mol.